The number of nitrogens with one attached hydrogen (secondary N) is 2. The molecule has 1 aromatic rings. The molecule has 18 heavy (non-hydrogen) atoms. The molecule has 1 aromatic heterocycles. The Balaban J connectivity index is 2.52. The summed E-state index contributed by atoms with van der Waals surface area (Å²) < 4.78 is 0.601. The molecule has 0 fully saturated rings. The van der Waals surface area contributed by atoms with E-state index >= 15 is 0 Å². The number of rotatable bonds is 4. The zero-order valence-corrected chi connectivity index (χ0v) is 12.4. The lowest BCUT2D eigenvalue weighted by molar-refractivity contribution is 0.126. The maximum Gasteiger partial charge on any atom is 0.319 e. The van der Waals surface area contributed by atoms with Gasteiger partial charge in [-0.25, -0.2) is 4.79 Å². The first kappa shape index (κ1) is 15.2. The maximum atomic E-state index is 11.6. The first-order valence-corrected chi connectivity index (χ1v) is 6.60. The van der Waals surface area contributed by atoms with Crippen LogP contribution in [0.4, 0.5) is 10.5 Å². The Labute approximate surface area is 119 Å². The van der Waals surface area contributed by atoms with Crippen LogP contribution in [-0.4, -0.2) is 28.8 Å². The maximum absolute atomic E-state index is 11.6. The lowest BCUT2D eigenvalue weighted by atomic mass is 10.1. The predicted octanol–water partition coefficient (Wildman–Crippen LogP) is 2.64. The van der Waals surface area contributed by atoms with E-state index in [0.717, 1.165) is 0 Å². The van der Waals surface area contributed by atoms with Gasteiger partial charge in [-0.1, -0.05) is 25.4 Å². The molecule has 1 rings (SSSR count). The van der Waals surface area contributed by atoms with Crippen LogP contribution in [0.15, 0.2) is 16.9 Å². The number of aliphatic hydroxyl groups is 1. The number of urea groups is 1. The summed E-state index contributed by atoms with van der Waals surface area (Å²) in [6, 6.07) is -0.434. The smallest absolute Gasteiger partial charge is 0.319 e. The minimum absolute atomic E-state index is 0.0847. The van der Waals surface area contributed by atoms with Crippen LogP contribution in [0.5, 0.6) is 0 Å². The number of halogens is 2. The van der Waals surface area contributed by atoms with Gasteiger partial charge in [0.25, 0.3) is 0 Å². The number of anilines is 1. The van der Waals surface area contributed by atoms with Crippen molar-refractivity contribution in [1.29, 1.82) is 0 Å². The van der Waals surface area contributed by atoms with Crippen molar-refractivity contribution in [1.82, 2.24) is 10.3 Å². The van der Waals surface area contributed by atoms with Crippen LogP contribution in [0.25, 0.3) is 0 Å². The van der Waals surface area contributed by atoms with Gasteiger partial charge in [-0.05, 0) is 21.8 Å². The number of pyridine rings is 1. The average Bonchev–Trinajstić information content (AvgIpc) is 2.32. The van der Waals surface area contributed by atoms with Gasteiger partial charge in [0, 0.05) is 12.7 Å². The zero-order valence-electron chi connectivity index (χ0n) is 10.1. The number of aromatic nitrogens is 1. The van der Waals surface area contributed by atoms with Gasteiger partial charge in [-0.2, -0.15) is 0 Å². The highest BCUT2D eigenvalue weighted by Crippen LogP contribution is 2.28. The average molecular weight is 337 g/mol. The van der Waals surface area contributed by atoms with Crippen LogP contribution in [0.3, 0.4) is 0 Å². The molecule has 5 nitrogen and oxygen atoms in total. The topological polar surface area (TPSA) is 74.2 Å². The van der Waals surface area contributed by atoms with Crippen molar-refractivity contribution in [2.75, 3.05) is 11.9 Å². The van der Waals surface area contributed by atoms with E-state index in [-0.39, 0.29) is 12.5 Å². The summed E-state index contributed by atoms with van der Waals surface area (Å²) in [6.07, 6.45) is 2.41. The van der Waals surface area contributed by atoms with E-state index in [0.29, 0.717) is 15.2 Å². The molecule has 0 aliphatic heterocycles. The molecule has 0 bridgehead atoms. The summed E-state index contributed by atoms with van der Waals surface area (Å²) >= 11 is 9.18. The molecule has 0 radical (unpaired) electrons. The van der Waals surface area contributed by atoms with Crippen LogP contribution in [0.1, 0.15) is 13.8 Å². The van der Waals surface area contributed by atoms with Crippen LogP contribution < -0.4 is 10.6 Å². The van der Waals surface area contributed by atoms with E-state index in [9.17, 15) is 9.90 Å². The summed E-state index contributed by atoms with van der Waals surface area (Å²) in [4.78, 5) is 15.5. The molecule has 7 heteroatoms. The molecule has 1 atom stereocenters. The van der Waals surface area contributed by atoms with Crippen LogP contribution in [-0.2, 0) is 0 Å². The van der Waals surface area contributed by atoms with Crippen molar-refractivity contribution in [3.8, 4) is 0 Å². The molecular formula is C11H15BrClN3O2. The molecular weight excluding hydrogens is 321 g/mol. The van der Waals surface area contributed by atoms with Crippen molar-refractivity contribution < 1.29 is 9.90 Å². The highest BCUT2D eigenvalue weighted by atomic mass is 79.9. The summed E-state index contributed by atoms with van der Waals surface area (Å²) in [6.45, 7) is 3.93. The Morgan fingerprint density at radius 1 is 1.56 bits per heavy atom. The number of nitrogens with zero attached hydrogens (tertiary/aromatic N) is 1. The highest BCUT2D eigenvalue weighted by Gasteiger charge is 2.12. The highest BCUT2D eigenvalue weighted by molar-refractivity contribution is 9.10. The van der Waals surface area contributed by atoms with E-state index in [1.54, 1.807) is 0 Å². The molecule has 1 heterocycles. The number of aliphatic hydroxyl groups excluding tert-OH is 1. The minimum Gasteiger partial charge on any atom is -0.391 e. The van der Waals surface area contributed by atoms with Crippen LogP contribution in [0.2, 0.25) is 5.02 Å². The minimum atomic E-state index is -0.577. The van der Waals surface area contributed by atoms with E-state index in [1.165, 1.54) is 12.4 Å². The second-order valence-electron chi connectivity index (χ2n) is 4.13. The van der Waals surface area contributed by atoms with E-state index in [1.807, 2.05) is 13.8 Å². The summed E-state index contributed by atoms with van der Waals surface area (Å²) in [5.41, 5.74) is 0.405. The quantitative estimate of drug-likeness (QED) is 0.791. The number of carbonyl (C=O) groups is 1. The fraction of sp³-hybridized carbons (Fsp3) is 0.455. The molecule has 3 N–H and O–H groups in total. The lowest BCUT2D eigenvalue weighted by Crippen LogP contribution is -2.37. The van der Waals surface area contributed by atoms with E-state index in [4.69, 9.17) is 11.6 Å². The van der Waals surface area contributed by atoms with Crippen LogP contribution >= 0.6 is 27.5 Å². The van der Waals surface area contributed by atoms with Crippen molar-refractivity contribution in [2.45, 2.75) is 20.0 Å². The lowest BCUT2D eigenvalue weighted by Gasteiger charge is -2.15. The normalized spacial score (nSPS) is 12.3. The molecule has 2 amide bonds. The van der Waals surface area contributed by atoms with Gasteiger partial charge < -0.3 is 15.7 Å². The molecule has 1 unspecified atom stereocenters. The molecule has 0 aliphatic carbocycles. The van der Waals surface area contributed by atoms with Crippen molar-refractivity contribution in [3.05, 3.63) is 21.9 Å². The molecule has 0 aromatic carbocycles. The van der Waals surface area contributed by atoms with Crippen molar-refractivity contribution in [2.24, 2.45) is 5.92 Å². The number of amides is 2. The first-order valence-electron chi connectivity index (χ1n) is 5.43. The molecule has 0 aliphatic rings. The Morgan fingerprint density at radius 2 is 2.22 bits per heavy atom. The predicted molar refractivity (Wildman–Crippen MR) is 74.8 cm³/mol. The monoisotopic (exact) mass is 335 g/mol. The SMILES string of the molecule is CC(C)C(O)CNC(=O)Nc1cncc(Br)c1Cl. The fourth-order valence-corrected chi connectivity index (χ4v) is 1.58. The second kappa shape index (κ2) is 6.92. The van der Waals surface area contributed by atoms with Gasteiger partial charge in [0.1, 0.15) is 0 Å². The standard InChI is InChI=1S/C11H15BrClN3O2/c1-6(2)9(17)5-15-11(18)16-8-4-14-3-7(12)10(8)13/h3-4,6,9,17H,5H2,1-2H3,(H2,15,16,18). The third kappa shape index (κ3) is 4.44. The van der Waals surface area contributed by atoms with Gasteiger partial charge >= 0.3 is 6.03 Å². The summed E-state index contributed by atoms with van der Waals surface area (Å²) in [5, 5.41) is 15.0. The first-order chi connectivity index (χ1) is 8.41. The van der Waals surface area contributed by atoms with Gasteiger partial charge in [0.2, 0.25) is 0 Å². The zero-order chi connectivity index (χ0) is 13.7. The molecule has 100 valence electrons. The van der Waals surface area contributed by atoms with E-state index < -0.39 is 12.1 Å². The van der Waals surface area contributed by atoms with Gasteiger partial charge in [0.15, 0.2) is 0 Å². The van der Waals surface area contributed by atoms with Crippen molar-refractivity contribution >= 4 is 39.2 Å². The van der Waals surface area contributed by atoms with Gasteiger partial charge in [-0.15, -0.1) is 0 Å². The van der Waals surface area contributed by atoms with Gasteiger partial charge in [-0.3, -0.25) is 4.98 Å². The van der Waals surface area contributed by atoms with Gasteiger partial charge in [0.05, 0.1) is 27.5 Å². The Hall–Kier alpha value is -0.850. The van der Waals surface area contributed by atoms with Crippen LogP contribution in [0, 0.1) is 5.92 Å². The van der Waals surface area contributed by atoms with E-state index in [2.05, 4.69) is 31.5 Å². The third-order valence-corrected chi connectivity index (χ3v) is 3.56. The fourth-order valence-electron chi connectivity index (χ4n) is 1.11. The largest absolute Gasteiger partial charge is 0.391 e. The molecule has 0 saturated heterocycles. The van der Waals surface area contributed by atoms with Crippen molar-refractivity contribution in [3.63, 3.8) is 0 Å². The Bertz CT molecular complexity index is 429. The Kier molecular flexibility index (Phi) is 5.84. The number of carbonyl (C=O) groups excluding carboxylic acids is 1. The summed E-state index contributed by atoms with van der Waals surface area (Å²) in [7, 11) is 0. The summed E-state index contributed by atoms with van der Waals surface area (Å²) in [5.74, 6) is 0.0847. The third-order valence-electron chi connectivity index (χ3n) is 2.33. The molecule has 0 spiro atoms. The number of hydrogen-bond donors (Lipinski definition) is 3. The number of hydrogen-bond acceptors (Lipinski definition) is 3. The molecule has 0 saturated carbocycles. The Morgan fingerprint density at radius 3 is 2.83 bits per heavy atom. The second-order valence-corrected chi connectivity index (χ2v) is 5.36.